The van der Waals surface area contributed by atoms with Crippen molar-refractivity contribution in [2.24, 2.45) is 0 Å². The van der Waals surface area contributed by atoms with E-state index in [9.17, 15) is 14.7 Å². The molecule has 3 aromatic rings. The maximum absolute atomic E-state index is 12.3. The molecule has 7 heteroatoms. The minimum Gasteiger partial charge on any atom is -0.507 e. The Labute approximate surface area is 142 Å². The number of nitrogens with zero attached hydrogens (tertiary/aromatic N) is 1. The van der Waals surface area contributed by atoms with Gasteiger partial charge in [0, 0.05) is 6.07 Å². The Balaban J connectivity index is 1.86. The Bertz CT molecular complexity index is 996. The summed E-state index contributed by atoms with van der Waals surface area (Å²) in [6, 6.07) is 11.1. The van der Waals surface area contributed by atoms with Gasteiger partial charge in [-0.2, -0.15) is 0 Å². The molecule has 0 bridgehead atoms. The third-order valence-electron chi connectivity index (χ3n) is 3.72. The van der Waals surface area contributed by atoms with E-state index in [1.54, 1.807) is 31.2 Å². The summed E-state index contributed by atoms with van der Waals surface area (Å²) in [5.41, 5.74) is 0.197. The van der Waals surface area contributed by atoms with E-state index < -0.39 is 12.1 Å². The largest absolute Gasteiger partial charge is 0.507 e. The van der Waals surface area contributed by atoms with Crippen molar-refractivity contribution in [3.8, 4) is 11.5 Å². The molecule has 0 aliphatic rings. The number of para-hydroxylation sites is 1. The van der Waals surface area contributed by atoms with Crippen molar-refractivity contribution in [2.45, 2.75) is 13.0 Å². The summed E-state index contributed by atoms with van der Waals surface area (Å²) in [5, 5.41) is 10.4. The van der Waals surface area contributed by atoms with Crippen LogP contribution in [0.15, 0.2) is 47.3 Å². The van der Waals surface area contributed by atoms with Crippen LogP contribution in [0.4, 0.5) is 0 Å². The van der Waals surface area contributed by atoms with Crippen molar-refractivity contribution in [2.75, 3.05) is 7.11 Å². The van der Waals surface area contributed by atoms with Gasteiger partial charge in [-0.1, -0.05) is 12.1 Å². The molecule has 25 heavy (non-hydrogen) atoms. The number of ether oxygens (including phenoxy) is 2. The van der Waals surface area contributed by atoms with Crippen LogP contribution >= 0.6 is 0 Å². The van der Waals surface area contributed by atoms with E-state index in [0.29, 0.717) is 16.7 Å². The number of carbonyl (C=O) groups excluding carboxylic acids is 1. The Hall–Kier alpha value is -3.35. The van der Waals surface area contributed by atoms with Crippen LogP contribution in [-0.2, 0) is 4.74 Å². The van der Waals surface area contributed by atoms with E-state index in [1.165, 1.54) is 25.3 Å². The Morgan fingerprint density at radius 1 is 1.24 bits per heavy atom. The number of methoxy groups -OCH3 is 1. The molecular formula is C18H16N2O5. The van der Waals surface area contributed by atoms with E-state index in [1.807, 2.05) is 0 Å². The SMILES string of the molecule is COc1ccc(C(=O)O[C@H](C)c2nc3ccccc3c(=O)[nH]2)c(O)c1. The third-order valence-corrected chi connectivity index (χ3v) is 3.72. The number of aromatic hydroxyl groups is 1. The van der Waals surface area contributed by atoms with Gasteiger partial charge >= 0.3 is 5.97 Å². The van der Waals surface area contributed by atoms with Crippen LogP contribution < -0.4 is 10.3 Å². The fourth-order valence-electron chi connectivity index (χ4n) is 2.39. The molecule has 7 nitrogen and oxygen atoms in total. The second-order valence-electron chi connectivity index (χ2n) is 5.40. The van der Waals surface area contributed by atoms with E-state index in [0.717, 1.165) is 0 Å². The standard InChI is InChI=1S/C18H16N2O5/c1-10(16-19-14-6-4-3-5-12(14)17(22)20-16)25-18(23)13-8-7-11(24-2)9-15(13)21/h3-10,21H,1-2H3,(H,19,20,22)/t10-/m1/s1. The van der Waals surface area contributed by atoms with Gasteiger partial charge in [0.25, 0.3) is 5.56 Å². The molecule has 0 amide bonds. The molecule has 2 aromatic carbocycles. The lowest BCUT2D eigenvalue weighted by atomic mass is 10.2. The maximum atomic E-state index is 12.3. The number of phenolic OH excluding ortho intramolecular Hbond substituents is 1. The highest BCUT2D eigenvalue weighted by Gasteiger charge is 2.19. The van der Waals surface area contributed by atoms with Crippen LogP contribution in [0.3, 0.4) is 0 Å². The normalized spacial score (nSPS) is 11.9. The number of esters is 1. The number of hydrogen-bond acceptors (Lipinski definition) is 6. The maximum Gasteiger partial charge on any atom is 0.342 e. The molecule has 0 aliphatic heterocycles. The van der Waals surface area contributed by atoms with Crippen molar-refractivity contribution in [1.82, 2.24) is 9.97 Å². The Morgan fingerprint density at radius 2 is 2.00 bits per heavy atom. The van der Waals surface area contributed by atoms with Crippen molar-refractivity contribution in [1.29, 1.82) is 0 Å². The van der Waals surface area contributed by atoms with Gasteiger partial charge in [0.1, 0.15) is 17.1 Å². The Morgan fingerprint density at radius 3 is 2.72 bits per heavy atom. The van der Waals surface area contributed by atoms with Crippen LogP contribution in [0.1, 0.15) is 29.2 Å². The van der Waals surface area contributed by atoms with Gasteiger partial charge in [-0.05, 0) is 31.2 Å². The van der Waals surface area contributed by atoms with Gasteiger partial charge < -0.3 is 19.6 Å². The predicted molar refractivity (Wildman–Crippen MR) is 90.9 cm³/mol. The number of aromatic amines is 1. The summed E-state index contributed by atoms with van der Waals surface area (Å²) < 4.78 is 10.3. The average molecular weight is 340 g/mol. The molecule has 128 valence electrons. The minimum atomic E-state index is -0.800. The van der Waals surface area contributed by atoms with E-state index in [2.05, 4.69) is 9.97 Å². The molecule has 0 aliphatic carbocycles. The highest BCUT2D eigenvalue weighted by molar-refractivity contribution is 5.92. The first-order valence-electron chi connectivity index (χ1n) is 7.56. The summed E-state index contributed by atoms with van der Waals surface area (Å²) in [6.07, 6.45) is -0.800. The summed E-state index contributed by atoms with van der Waals surface area (Å²) in [6.45, 7) is 1.59. The van der Waals surface area contributed by atoms with Crippen molar-refractivity contribution in [3.63, 3.8) is 0 Å². The van der Waals surface area contributed by atoms with Crippen molar-refractivity contribution >= 4 is 16.9 Å². The van der Waals surface area contributed by atoms with Gasteiger partial charge in [0.05, 0.1) is 18.0 Å². The van der Waals surface area contributed by atoms with Crippen LogP contribution in [0, 0.1) is 0 Å². The molecular weight excluding hydrogens is 324 g/mol. The zero-order chi connectivity index (χ0) is 18.0. The van der Waals surface area contributed by atoms with E-state index in [4.69, 9.17) is 9.47 Å². The number of benzene rings is 2. The number of fused-ring (bicyclic) bond motifs is 1. The summed E-state index contributed by atoms with van der Waals surface area (Å²) >= 11 is 0. The van der Waals surface area contributed by atoms with Crippen LogP contribution in [0.5, 0.6) is 11.5 Å². The highest BCUT2D eigenvalue weighted by atomic mass is 16.5. The van der Waals surface area contributed by atoms with E-state index in [-0.39, 0.29) is 22.7 Å². The second-order valence-corrected chi connectivity index (χ2v) is 5.40. The summed E-state index contributed by atoms with van der Waals surface area (Å²) in [5.74, 6) is -0.340. The van der Waals surface area contributed by atoms with Gasteiger partial charge in [0.15, 0.2) is 11.9 Å². The first kappa shape index (κ1) is 16.5. The lowest BCUT2D eigenvalue weighted by Gasteiger charge is -2.14. The zero-order valence-electron chi connectivity index (χ0n) is 13.6. The van der Waals surface area contributed by atoms with Gasteiger partial charge in [0.2, 0.25) is 0 Å². The predicted octanol–water partition coefficient (Wildman–Crippen LogP) is 2.56. The monoisotopic (exact) mass is 340 g/mol. The third kappa shape index (κ3) is 3.30. The zero-order valence-corrected chi connectivity index (χ0v) is 13.6. The second kappa shape index (κ2) is 6.64. The van der Waals surface area contributed by atoms with Gasteiger partial charge in [-0.3, -0.25) is 4.79 Å². The first-order valence-corrected chi connectivity index (χ1v) is 7.56. The lowest BCUT2D eigenvalue weighted by molar-refractivity contribution is 0.0317. The molecule has 2 N–H and O–H groups in total. The number of aromatic nitrogens is 2. The first-order chi connectivity index (χ1) is 12.0. The number of phenols is 1. The van der Waals surface area contributed by atoms with E-state index >= 15 is 0 Å². The molecule has 0 radical (unpaired) electrons. The van der Waals surface area contributed by atoms with Crippen LogP contribution in [0.2, 0.25) is 0 Å². The highest BCUT2D eigenvalue weighted by Crippen LogP contribution is 2.25. The molecule has 0 saturated carbocycles. The molecule has 0 unspecified atom stereocenters. The molecule has 1 atom stereocenters. The number of nitrogens with one attached hydrogen (secondary N) is 1. The smallest absolute Gasteiger partial charge is 0.342 e. The van der Waals surface area contributed by atoms with Gasteiger partial charge in [-0.25, -0.2) is 9.78 Å². The van der Waals surface area contributed by atoms with Gasteiger partial charge in [-0.15, -0.1) is 0 Å². The molecule has 0 spiro atoms. The number of carbonyl (C=O) groups is 1. The Kier molecular flexibility index (Phi) is 4.38. The van der Waals surface area contributed by atoms with Crippen molar-refractivity contribution < 1.29 is 19.4 Å². The summed E-state index contributed by atoms with van der Waals surface area (Å²) in [7, 11) is 1.45. The fourth-order valence-corrected chi connectivity index (χ4v) is 2.39. The lowest BCUT2D eigenvalue weighted by Crippen LogP contribution is -2.17. The minimum absolute atomic E-state index is 0.00390. The van der Waals surface area contributed by atoms with Crippen LogP contribution in [0.25, 0.3) is 10.9 Å². The van der Waals surface area contributed by atoms with Crippen LogP contribution in [-0.4, -0.2) is 28.2 Å². The molecule has 3 rings (SSSR count). The quantitative estimate of drug-likeness (QED) is 0.708. The number of H-pyrrole nitrogens is 1. The van der Waals surface area contributed by atoms with Crippen molar-refractivity contribution in [3.05, 3.63) is 64.2 Å². The fraction of sp³-hybridized carbons (Fsp3) is 0.167. The average Bonchev–Trinajstić information content (AvgIpc) is 2.61. The summed E-state index contributed by atoms with van der Waals surface area (Å²) in [4.78, 5) is 31.3. The molecule has 1 heterocycles. The number of hydrogen-bond donors (Lipinski definition) is 2. The molecule has 0 saturated heterocycles. The topological polar surface area (TPSA) is 102 Å². The molecule has 1 aromatic heterocycles. The molecule has 0 fully saturated rings. The number of rotatable bonds is 4.